The molecule has 0 heterocycles. The molecular weight excluding hydrogens is 458 g/mol. The Labute approximate surface area is 225 Å². The molecule has 5 aromatic rings. The number of benzene rings is 5. The highest BCUT2D eigenvalue weighted by atomic mass is 14.8. The van der Waals surface area contributed by atoms with Gasteiger partial charge in [0, 0.05) is 18.3 Å². The molecule has 38 heavy (non-hydrogen) atoms. The first-order chi connectivity index (χ1) is 18.6. The Morgan fingerprint density at radius 1 is 0.553 bits per heavy atom. The first-order valence-electron chi connectivity index (χ1n) is 13.2. The number of anilines is 1. The molecule has 0 amide bonds. The number of rotatable bonds is 4. The van der Waals surface area contributed by atoms with Crippen molar-refractivity contribution in [3.63, 3.8) is 0 Å². The minimum absolute atomic E-state index is 0.303. The van der Waals surface area contributed by atoms with Crippen LogP contribution < -0.4 is 5.32 Å². The van der Waals surface area contributed by atoms with Gasteiger partial charge in [0.1, 0.15) is 0 Å². The summed E-state index contributed by atoms with van der Waals surface area (Å²) >= 11 is 0. The van der Waals surface area contributed by atoms with Crippen LogP contribution in [0.2, 0.25) is 0 Å². The van der Waals surface area contributed by atoms with Crippen molar-refractivity contribution in [1.82, 2.24) is 0 Å². The van der Waals surface area contributed by atoms with Crippen molar-refractivity contribution in [2.75, 3.05) is 12.4 Å². The molecule has 0 fully saturated rings. The van der Waals surface area contributed by atoms with E-state index in [2.05, 4.69) is 146 Å². The molecule has 0 aromatic heterocycles. The third-order valence-electron chi connectivity index (χ3n) is 7.61. The van der Waals surface area contributed by atoms with Crippen LogP contribution in [0.15, 0.2) is 134 Å². The zero-order valence-electron chi connectivity index (χ0n) is 21.9. The summed E-state index contributed by atoms with van der Waals surface area (Å²) in [6.45, 7) is 6.57. The van der Waals surface area contributed by atoms with E-state index in [-0.39, 0.29) is 0 Å². The number of fused-ring (bicyclic) bond motifs is 3. The third-order valence-corrected chi connectivity index (χ3v) is 7.61. The van der Waals surface area contributed by atoms with Crippen LogP contribution in [0.1, 0.15) is 24.0 Å². The van der Waals surface area contributed by atoms with Crippen molar-refractivity contribution in [1.29, 1.82) is 0 Å². The molecule has 0 saturated heterocycles. The van der Waals surface area contributed by atoms with E-state index >= 15 is 0 Å². The first kappa shape index (κ1) is 23.8. The maximum atomic E-state index is 4.30. The van der Waals surface area contributed by atoms with Gasteiger partial charge in [0.05, 0.1) is 0 Å². The van der Waals surface area contributed by atoms with Crippen molar-refractivity contribution in [3.05, 3.63) is 145 Å². The lowest BCUT2D eigenvalue weighted by Gasteiger charge is -2.21. The first-order valence-corrected chi connectivity index (χ1v) is 13.2. The molecule has 0 radical (unpaired) electrons. The van der Waals surface area contributed by atoms with E-state index in [9.17, 15) is 0 Å². The maximum absolute atomic E-state index is 4.30. The number of hydrogen-bond acceptors (Lipinski definition) is 1. The van der Waals surface area contributed by atoms with Crippen LogP contribution in [-0.4, -0.2) is 7.05 Å². The van der Waals surface area contributed by atoms with E-state index in [4.69, 9.17) is 0 Å². The summed E-state index contributed by atoms with van der Waals surface area (Å²) < 4.78 is 0. The van der Waals surface area contributed by atoms with Crippen molar-refractivity contribution in [2.45, 2.75) is 12.8 Å². The third kappa shape index (κ3) is 4.37. The van der Waals surface area contributed by atoms with Gasteiger partial charge in [0.25, 0.3) is 0 Å². The minimum Gasteiger partial charge on any atom is -0.388 e. The van der Waals surface area contributed by atoms with Crippen LogP contribution in [0.5, 0.6) is 0 Å². The molecule has 0 bridgehead atoms. The van der Waals surface area contributed by atoms with Gasteiger partial charge in [0.2, 0.25) is 0 Å². The smallest absolute Gasteiger partial charge is 0.0417 e. The Hall–Kier alpha value is -4.62. The van der Waals surface area contributed by atoms with Gasteiger partial charge >= 0.3 is 0 Å². The van der Waals surface area contributed by atoms with Gasteiger partial charge in [-0.05, 0) is 79.8 Å². The lowest BCUT2D eigenvalue weighted by molar-refractivity contribution is 0.969. The quantitative estimate of drug-likeness (QED) is 0.265. The van der Waals surface area contributed by atoms with Gasteiger partial charge in [-0.15, -0.1) is 0 Å². The molecular formula is C37H31N. The summed E-state index contributed by atoms with van der Waals surface area (Å²) in [5.41, 5.74) is 14.6. The molecule has 0 saturated carbocycles. The zero-order valence-corrected chi connectivity index (χ0v) is 21.9. The second-order valence-corrected chi connectivity index (χ2v) is 9.97. The molecule has 184 valence electrons. The van der Waals surface area contributed by atoms with Crippen LogP contribution in [0.3, 0.4) is 0 Å². The van der Waals surface area contributed by atoms with Gasteiger partial charge in [-0.3, -0.25) is 0 Å². The fourth-order valence-corrected chi connectivity index (χ4v) is 5.49. The van der Waals surface area contributed by atoms with E-state index in [0.29, 0.717) is 5.92 Å². The molecule has 0 spiro atoms. The summed E-state index contributed by atoms with van der Waals surface area (Å²) in [5, 5.41) is 3.31. The number of allylic oxidation sites excluding steroid dienone is 3. The highest BCUT2D eigenvalue weighted by Gasteiger charge is 2.17. The highest BCUT2D eigenvalue weighted by molar-refractivity contribution is 5.88. The fraction of sp³-hybridized carbons (Fsp3) is 0.0811. The second kappa shape index (κ2) is 10.0. The molecule has 1 aliphatic rings. The van der Waals surface area contributed by atoms with Crippen LogP contribution >= 0.6 is 0 Å². The molecule has 1 heteroatoms. The van der Waals surface area contributed by atoms with E-state index < -0.39 is 0 Å². The lowest BCUT2D eigenvalue weighted by Crippen LogP contribution is -1.99. The summed E-state index contributed by atoms with van der Waals surface area (Å²) in [4.78, 5) is 0. The van der Waals surface area contributed by atoms with E-state index in [1.807, 2.05) is 7.05 Å². The Morgan fingerprint density at radius 3 is 1.89 bits per heavy atom. The Kier molecular flexibility index (Phi) is 6.27. The van der Waals surface area contributed by atoms with Gasteiger partial charge in [-0.25, -0.2) is 0 Å². The lowest BCUT2D eigenvalue weighted by atomic mass is 9.83. The number of hydrogen-bond donors (Lipinski definition) is 1. The monoisotopic (exact) mass is 489 g/mol. The van der Waals surface area contributed by atoms with Gasteiger partial charge in [-0.1, -0.05) is 123 Å². The molecule has 5 aromatic carbocycles. The van der Waals surface area contributed by atoms with Gasteiger partial charge in [-0.2, -0.15) is 0 Å². The highest BCUT2D eigenvalue weighted by Crippen LogP contribution is 2.40. The molecule has 1 nitrogen and oxygen atoms in total. The Bertz CT molecular complexity index is 1670. The van der Waals surface area contributed by atoms with Crippen LogP contribution in [0.25, 0.3) is 50.1 Å². The minimum atomic E-state index is 0.303. The van der Waals surface area contributed by atoms with Gasteiger partial charge in [0.15, 0.2) is 0 Å². The standard InChI is InChI=1S/C37H31N/c1-25-15-16-26(2)36-24-30(21-22-35(36)34-13-5-4-11-32(25)34)28-19-17-27(18-20-28)29-9-8-10-31(23-29)33-12-6-7-14-37(33)38-3/h4-24,26,38H,1H2,2-3H3/b16-15-. The SMILES string of the molecule is C=C1/C=C\C(C)c2cc(-c3ccc(-c4cccc(-c5ccccc5NC)c4)cc3)ccc2-c2ccccc21. The predicted octanol–water partition coefficient (Wildman–Crippen LogP) is 10.1. The maximum Gasteiger partial charge on any atom is 0.0417 e. The van der Waals surface area contributed by atoms with E-state index in [0.717, 1.165) is 11.3 Å². The average molecular weight is 490 g/mol. The van der Waals surface area contributed by atoms with Crippen molar-refractivity contribution in [2.24, 2.45) is 0 Å². The Balaban J connectivity index is 1.35. The molecule has 1 unspecified atom stereocenters. The number of para-hydroxylation sites is 1. The summed E-state index contributed by atoms with van der Waals surface area (Å²) in [6.07, 6.45) is 4.43. The van der Waals surface area contributed by atoms with Crippen LogP contribution in [0, 0.1) is 0 Å². The van der Waals surface area contributed by atoms with E-state index in [1.165, 1.54) is 55.6 Å². The van der Waals surface area contributed by atoms with Crippen LogP contribution in [0.4, 0.5) is 5.69 Å². The molecule has 0 aliphatic heterocycles. The molecule has 6 rings (SSSR count). The second-order valence-electron chi connectivity index (χ2n) is 9.97. The molecule has 1 aliphatic carbocycles. The normalized spacial score (nSPS) is 15.1. The molecule has 1 N–H and O–H groups in total. The van der Waals surface area contributed by atoms with Crippen molar-refractivity contribution >= 4 is 11.3 Å². The topological polar surface area (TPSA) is 12.0 Å². The predicted molar refractivity (Wildman–Crippen MR) is 164 cm³/mol. The largest absolute Gasteiger partial charge is 0.388 e. The molecule has 1 atom stereocenters. The summed E-state index contributed by atoms with van der Waals surface area (Å²) in [6, 6.07) is 41.6. The number of nitrogens with one attached hydrogen (secondary N) is 1. The average Bonchev–Trinajstić information content (AvgIpc) is 2.99. The fourth-order valence-electron chi connectivity index (χ4n) is 5.49. The van der Waals surface area contributed by atoms with Crippen molar-refractivity contribution < 1.29 is 0 Å². The summed E-state index contributed by atoms with van der Waals surface area (Å²) in [7, 11) is 1.97. The Morgan fingerprint density at radius 2 is 1.16 bits per heavy atom. The summed E-state index contributed by atoms with van der Waals surface area (Å²) in [5.74, 6) is 0.303. The zero-order chi connectivity index (χ0) is 26.1. The van der Waals surface area contributed by atoms with Gasteiger partial charge < -0.3 is 5.32 Å². The van der Waals surface area contributed by atoms with Crippen molar-refractivity contribution in [3.8, 4) is 44.5 Å². The van der Waals surface area contributed by atoms with Crippen LogP contribution in [-0.2, 0) is 0 Å². The van der Waals surface area contributed by atoms with E-state index in [1.54, 1.807) is 0 Å².